The molecule has 4 nitrogen and oxygen atoms in total. The normalized spacial score (nSPS) is 25.4. The third kappa shape index (κ3) is 3.71. The largest absolute Gasteiger partial charge is 0.355 e. The number of likely N-dealkylation sites (tertiary alicyclic amines) is 2. The fourth-order valence-electron chi connectivity index (χ4n) is 3.54. The summed E-state index contributed by atoms with van der Waals surface area (Å²) in [7, 11) is 1.90. The van der Waals surface area contributed by atoms with Gasteiger partial charge in [-0.3, -0.25) is 9.89 Å². The molecule has 0 saturated carbocycles. The SMILES string of the molecule is CCC(CNC(=NC)N1CC(C)(C)C1(C)C)N1CCCC1.I. The summed E-state index contributed by atoms with van der Waals surface area (Å²) in [6, 6.07) is 0.640. The zero-order valence-corrected chi connectivity index (χ0v) is 17.6. The van der Waals surface area contributed by atoms with E-state index in [9.17, 15) is 0 Å². The topological polar surface area (TPSA) is 30.9 Å². The Morgan fingerprint density at radius 3 is 2.18 bits per heavy atom. The van der Waals surface area contributed by atoms with E-state index < -0.39 is 0 Å². The first kappa shape index (κ1) is 20.0. The van der Waals surface area contributed by atoms with Gasteiger partial charge in [0.15, 0.2) is 5.96 Å². The number of hydrogen-bond donors (Lipinski definition) is 1. The van der Waals surface area contributed by atoms with Crippen LogP contribution in [0.5, 0.6) is 0 Å². The first-order chi connectivity index (χ1) is 9.83. The van der Waals surface area contributed by atoms with Gasteiger partial charge in [0.2, 0.25) is 0 Å². The molecule has 5 heteroatoms. The van der Waals surface area contributed by atoms with Crippen LogP contribution in [0.3, 0.4) is 0 Å². The molecule has 0 spiro atoms. The van der Waals surface area contributed by atoms with Gasteiger partial charge in [-0.25, -0.2) is 0 Å². The zero-order chi connectivity index (χ0) is 15.7. The van der Waals surface area contributed by atoms with Crippen LogP contribution in [0.1, 0.15) is 53.9 Å². The van der Waals surface area contributed by atoms with Crippen molar-refractivity contribution in [1.29, 1.82) is 0 Å². The Labute approximate surface area is 154 Å². The van der Waals surface area contributed by atoms with E-state index >= 15 is 0 Å². The van der Waals surface area contributed by atoms with Gasteiger partial charge in [0.1, 0.15) is 0 Å². The lowest BCUT2D eigenvalue weighted by Crippen LogP contribution is -2.72. The van der Waals surface area contributed by atoms with Crippen molar-refractivity contribution in [2.24, 2.45) is 10.4 Å². The van der Waals surface area contributed by atoms with E-state index in [1.54, 1.807) is 0 Å². The van der Waals surface area contributed by atoms with Crippen LogP contribution in [0.4, 0.5) is 0 Å². The van der Waals surface area contributed by atoms with Crippen molar-refractivity contribution in [3.63, 3.8) is 0 Å². The van der Waals surface area contributed by atoms with Gasteiger partial charge >= 0.3 is 0 Å². The fourth-order valence-corrected chi connectivity index (χ4v) is 3.54. The second kappa shape index (κ2) is 7.69. The standard InChI is InChI=1S/C17H34N4.HI/c1-7-14(20-10-8-9-11-20)12-19-15(18-6)21-13-16(2,3)17(21,4)5;/h14H,7-13H2,1-6H3,(H,18,19);1H. The summed E-state index contributed by atoms with van der Waals surface area (Å²) in [4.78, 5) is 9.57. The van der Waals surface area contributed by atoms with Gasteiger partial charge in [0, 0.05) is 37.1 Å². The smallest absolute Gasteiger partial charge is 0.194 e. The van der Waals surface area contributed by atoms with Crippen molar-refractivity contribution < 1.29 is 0 Å². The molecule has 1 unspecified atom stereocenters. The molecule has 130 valence electrons. The molecule has 0 aromatic heterocycles. The highest BCUT2D eigenvalue weighted by Crippen LogP contribution is 2.46. The monoisotopic (exact) mass is 422 g/mol. The number of halogens is 1. The molecular formula is C17H35IN4. The second-order valence-corrected chi connectivity index (χ2v) is 7.76. The zero-order valence-electron chi connectivity index (χ0n) is 15.3. The van der Waals surface area contributed by atoms with Crippen LogP contribution in [0.2, 0.25) is 0 Å². The molecule has 0 bridgehead atoms. The Morgan fingerprint density at radius 1 is 1.18 bits per heavy atom. The van der Waals surface area contributed by atoms with Gasteiger partial charge in [0.05, 0.1) is 0 Å². The number of aliphatic imine (C=N–C) groups is 1. The molecule has 1 atom stereocenters. The molecule has 0 aliphatic carbocycles. The molecule has 1 N–H and O–H groups in total. The van der Waals surface area contributed by atoms with Crippen molar-refractivity contribution in [3.05, 3.63) is 0 Å². The van der Waals surface area contributed by atoms with E-state index in [0.29, 0.717) is 11.5 Å². The Balaban J connectivity index is 0.00000242. The van der Waals surface area contributed by atoms with Gasteiger partial charge in [-0.1, -0.05) is 20.8 Å². The van der Waals surface area contributed by atoms with Crippen LogP contribution in [0.25, 0.3) is 0 Å². The molecule has 2 saturated heterocycles. The molecule has 2 aliphatic rings. The molecular weight excluding hydrogens is 387 g/mol. The van der Waals surface area contributed by atoms with Crippen LogP contribution in [-0.2, 0) is 0 Å². The predicted octanol–water partition coefficient (Wildman–Crippen LogP) is 3.17. The summed E-state index contributed by atoms with van der Waals surface area (Å²) in [5.74, 6) is 1.07. The Kier molecular flexibility index (Phi) is 6.99. The maximum absolute atomic E-state index is 4.52. The summed E-state index contributed by atoms with van der Waals surface area (Å²) in [5.41, 5.74) is 0.522. The first-order valence-corrected chi connectivity index (χ1v) is 8.56. The average molecular weight is 422 g/mol. The van der Waals surface area contributed by atoms with E-state index in [4.69, 9.17) is 0 Å². The number of nitrogens with zero attached hydrogens (tertiary/aromatic N) is 3. The van der Waals surface area contributed by atoms with Crippen molar-refractivity contribution in [1.82, 2.24) is 15.1 Å². The van der Waals surface area contributed by atoms with E-state index in [1.165, 1.54) is 32.4 Å². The second-order valence-electron chi connectivity index (χ2n) is 7.76. The van der Waals surface area contributed by atoms with Gasteiger partial charge < -0.3 is 10.2 Å². The summed E-state index contributed by atoms with van der Waals surface area (Å²) < 4.78 is 0. The van der Waals surface area contributed by atoms with Gasteiger partial charge in [-0.05, 0) is 46.2 Å². The molecule has 0 radical (unpaired) electrons. The average Bonchev–Trinajstić information content (AvgIpc) is 2.96. The van der Waals surface area contributed by atoms with Crippen molar-refractivity contribution in [2.75, 3.05) is 33.2 Å². The molecule has 0 aromatic rings. The molecule has 0 aromatic carbocycles. The Hall–Kier alpha value is -0.0400. The van der Waals surface area contributed by atoms with E-state index in [0.717, 1.165) is 19.0 Å². The minimum absolute atomic E-state index is 0. The summed E-state index contributed by atoms with van der Waals surface area (Å²) in [6.07, 6.45) is 3.93. The summed E-state index contributed by atoms with van der Waals surface area (Å²) in [6.45, 7) is 16.2. The molecule has 2 fully saturated rings. The minimum Gasteiger partial charge on any atom is -0.355 e. The minimum atomic E-state index is 0. The maximum Gasteiger partial charge on any atom is 0.194 e. The molecule has 2 heterocycles. The van der Waals surface area contributed by atoms with Gasteiger partial charge in [0.25, 0.3) is 0 Å². The van der Waals surface area contributed by atoms with Gasteiger partial charge in [-0.15, -0.1) is 24.0 Å². The fraction of sp³-hybridized carbons (Fsp3) is 0.941. The lowest BCUT2D eigenvalue weighted by atomic mass is 9.65. The quantitative estimate of drug-likeness (QED) is 0.429. The molecule has 22 heavy (non-hydrogen) atoms. The van der Waals surface area contributed by atoms with Crippen LogP contribution in [-0.4, -0.2) is 60.6 Å². The number of hydrogen-bond acceptors (Lipinski definition) is 2. The van der Waals surface area contributed by atoms with E-state index in [1.807, 2.05) is 7.05 Å². The highest BCUT2D eigenvalue weighted by Gasteiger charge is 2.53. The maximum atomic E-state index is 4.52. The Morgan fingerprint density at radius 2 is 1.77 bits per heavy atom. The third-order valence-electron chi connectivity index (χ3n) is 5.98. The highest BCUT2D eigenvalue weighted by molar-refractivity contribution is 14.0. The molecule has 0 amide bonds. The van der Waals surface area contributed by atoms with Crippen LogP contribution >= 0.6 is 24.0 Å². The lowest BCUT2D eigenvalue weighted by molar-refractivity contribution is -0.0668. The number of nitrogens with one attached hydrogen (secondary N) is 1. The van der Waals surface area contributed by atoms with Crippen LogP contribution in [0, 0.1) is 5.41 Å². The molecule has 2 aliphatic heterocycles. The number of guanidine groups is 1. The van der Waals surface area contributed by atoms with Crippen molar-refractivity contribution in [2.45, 2.75) is 65.5 Å². The first-order valence-electron chi connectivity index (χ1n) is 8.56. The lowest BCUT2D eigenvalue weighted by Gasteiger charge is -2.62. The van der Waals surface area contributed by atoms with Crippen molar-refractivity contribution >= 4 is 29.9 Å². The van der Waals surface area contributed by atoms with Crippen LogP contribution < -0.4 is 5.32 Å². The Bertz CT molecular complexity index is 386. The number of rotatable bonds is 4. The van der Waals surface area contributed by atoms with E-state index in [-0.39, 0.29) is 29.5 Å². The summed E-state index contributed by atoms with van der Waals surface area (Å²) in [5, 5.41) is 3.63. The van der Waals surface area contributed by atoms with Crippen LogP contribution in [0.15, 0.2) is 4.99 Å². The van der Waals surface area contributed by atoms with Crippen molar-refractivity contribution in [3.8, 4) is 0 Å². The summed E-state index contributed by atoms with van der Waals surface area (Å²) >= 11 is 0. The van der Waals surface area contributed by atoms with Gasteiger partial charge in [-0.2, -0.15) is 0 Å². The molecule has 2 rings (SSSR count). The highest BCUT2D eigenvalue weighted by atomic mass is 127. The predicted molar refractivity (Wildman–Crippen MR) is 106 cm³/mol. The van der Waals surface area contributed by atoms with E-state index in [2.05, 4.69) is 54.7 Å². The third-order valence-corrected chi connectivity index (χ3v) is 5.98.